The van der Waals surface area contributed by atoms with Crippen molar-refractivity contribution in [3.63, 3.8) is 0 Å². The summed E-state index contributed by atoms with van der Waals surface area (Å²) >= 11 is 1.71. The maximum atomic E-state index is 5.31. The van der Waals surface area contributed by atoms with Gasteiger partial charge in [0.1, 0.15) is 5.75 Å². The van der Waals surface area contributed by atoms with Crippen LogP contribution in [0.25, 0.3) is 11.4 Å². The van der Waals surface area contributed by atoms with Crippen molar-refractivity contribution < 1.29 is 4.74 Å². The standard InChI is InChI=1S/C19H21N3OS/c1-4-22-18(16-6-5-7-17(12-16)23-3)20-21-19(22)24-13-15-10-8-14(2)9-11-15/h5-12H,4,13H2,1-3H3. The third-order valence-electron chi connectivity index (χ3n) is 3.85. The number of methoxy groups -OCH3 is 1. The summed E-state index contributed by atoms with van der Waals surface area (Å²) in [6.45, 7) is 5.05. The molecule has 0 spiro atoms. The molecule has 0 bridgehead atoms. The van der Waals surface area contributed by atoms with Crippen molar-refractivity contribution in [1.82, 2.24) is 14.8 Å². The Morgan fingerprint density at radius 1 is 1.08 bits per heavy atom. The van der Waals surface area contributed by atoms with Crippen molar-refractivity contribution in [1.29, 1.82) is 0 Å². The second-order valence-corrected chi connectivity index (χ2v) is 6.50. The van der Waals surface area contributed by atoms with E-state index in [1.54, 1.807) is 18.9 Å². The van der Waals surface area contributed by atoms with Crippen molar-refractivity contribution in [3.05, 3.63) is 59.7 Å². The van der Waals surface area contributed by atoms with Crippen LogP contribution in [0.4, 0.5) is 0 Å². The third kappa shape index (κ3) is 3.62. The lowest BCUT2D eigenvalue weighted by atomic mass is 10.2. The van der Waals surface area contributed by atoms with E-state index in [2.05, 4.69) is 52.9 Å². The van der Waals surface area contributed by atoms with Crippen molar-refractivity contribution >= 4 is 11.8 Å². The lowest BCUT2D eigenvalue weighted by Crippen LogP contribution is -2.00. The molecule has 0 aliphatic rings. The second kappa shape index (κ2) is 7.53. The summed E-state index contributed by atoms with van der Waals surface area (Å²) in [6.07, 6.45) is 0. The van der Waals surface area contributed by atoms with Crippen LogP contribution >= 0.6 is 11.8 Å². The predicted octanol–water partition coefficient (Wildman–Crippen LogP) is 4.57. The van der Waals surface area contributed by atoms with Gasteiger partial charge in [0.25, 0.3) is 0 Å². The number of nitrogens with zero attached hydrogens (tertiary/aromatic N) is 3. The van der Waals surface area contributed by atoms with Crippen LogP contribution in [0.1, 0.15) is 18.1 Å². The van der Waals surface area contributed by atoms with Crippen LogP contribution in [0, 0.1) is 6.92 Å². The number of ether oxygens (including phenoxy) is 1. The summed E-state index contributed by atoms with van der Waals surface area (Å²) in [7, 11) is 1.67. The molecule has 0 unspecified atom stereocenters. The average molecular weight is 339 g/mol. The Bertz CT molecular complexity index is 812. The van der Waals surface area contributed by atoms with Gasteiger partial charge in [0, 0.05) is 17.9 Å². The Morgan fingerprint density at radius 2 is 1.88 bits per heavy atom. The summed E-state index contributed by atoms with van der Waals surface area (Å²) in [5, 5.41) is 9.72. The number of hydrogen-bond donors (Lipinski definition) is 0. The molecule has 124 valence electrons. The van der Waals surface area contributed by atoms with E-state index in [-0.39, 0.29) is 0 Å². The molecule has 0 saturated heterocycles. The molecule has 24 heavy (non-hydrogen) atoms. The fourth-order valence-electron chi connectivity index (χ4n) is 2.49. The van der Waals surface area contributed by atoms with Crippen molar-refractivity contribution in [2.75, 3.05) is 7.11 Å². The minimum Gasteiger partial charge on any atom is -0.497 e. The van der Waals surface area contributed by atoms with Crippen LogP contribution in [0.5, 0.6) is 5.75 Å². The van der Waals surface area contributed by atoms with E-state index in [1.807, 2.05) is 24.3 Å². The molecule has 1 aromatic heterocycles. The summed E-state index contributed by atoms with van der Waals surface area (Å²) < 4.78 is 7.46. The van der Waals surface area contributed by atoms with Gasteiger partial charge in [-0.25, -0.2) is 0 Å². The normalized spacial score (nSPS) is 10.8. The first-order valence-corrected chi connectivity index (χ1v) is 8.95. The Kier molecular flexibility index (Phi) is 5.20. The highest BCUT2D eigenvalue weighted by molar-refractivity contribution is 7.98. The molecule has 0 aliphatic carbocycles. The van der Waals surface area contributed by atoms with Crippen LogP contribution < -0.4 is 4.74 Å². The van der Waals surface area contributed by atoms with Crippen LogP contribution in [-0.2, 0) is 12.3 Å². The molecule has 4 nitrogen and oxygen atoms in total. The SMILES string of the molecule is CCn1c(SCc2ccc(C)cc2)nnc1-c1cccc(OC)c1. The third-order valence-corrected chi connectivity index (χ3v) is 4.89. The lowest BCUT2D eigenvalue weighted by molar-refractivity contribution is 0.415. The zero-order valence-corrected chi connectivity index (χ0v) is 15.0. The first kappa shape index (κ1) is 16.6. The number of thioether (sulfide) groups is 1. The maximum absolute atomic E-state index is 5.31. The molecular formula is C19H21N3OS. The highest BCUT2D eigenvalue weighted by Gasteiger charge is 2.13. The van der Waals surface area contributed by atoms with Gasteiger partial charge in [-0.2, -0.15) is 0 Å². The van der Waals surface area contributed by atoms with Crippen LogP contribution in [0.3, 0.4) is 0 Å². The molecule has 5 heteroatoms. The lowest BCUT2D eigenvalue weighted by Gasteiger charge is -2.08. The molecule has 0 saturated carbocycles. The number of rotatable bonds is 6. The minimum atomic E-state index is 0.826. The minimum absolute atomic E-state index is 0.826. The van der Waals surface area contributed by atoms with E-state index >= 15 is 0 Å². The highest BCUT2D eigenvalue weighted by atomic mass is 32.2. The van der Waals surface area contributed by atoms with Gasteiger partial charge in [-0.1, -0.05) is 53.7 Å². The van der Waals surface area contributed by atoms with Gasteiger partial charge in [-0.3, -0.25) is 0 Å². The van der Waals surface area contributed by atoms with Gasteiger partial charge < -0.3 is 9.30 Å². The first-order valence-electron chi connectivity index (χ1n) is 7.97. The van der Waals surface area contributed by atoms with Crippen LogP contribution in [-0.4, -0.2) is 21.9 Å². The Morgan fingerprint density at radius 3 is 2.58 bits per heavy atom. The molecule has 2 aromatic carbocycles. The van der Waals surface area contributed by atoms with E-state index in [0.29, 0.717) is 0 Å². The van der Waals surface area contributed by atoms with E-state index in [0.717, 1.165) is 34.6 Å². The highest BCUT2D eigenvalue weighted by Crippen LogP contribution is 2.28. The smallest absolute Gasteiger partial charge is 0.191 e. The van der Waals surface area contributed by atoms with Gasteiger partial charge in [0.2, 0.25) is 0 Å². The summed E-state index contributed by atoms with van der Waals surface area (Å²) in [5.74, 6) is 2.59. The first-order chi connectivity index (χ1) is 11.7. The largest absolute Gasteiger partial charge is 0.497 e. The molecule has 0 N–H and O–H groups in total. The maximum Gasteiger partial charge on any atom is 0.191 e. The van der Waals surface area contributed by atoms with Gasteiger partial charge >= 0.3 is 0 Å². The summed E-state index contributed by atoms with van der Waals surface area (Å²) in [4.78, 5) is 0. The summed E-state index contributed by atoms with van der Waals surface area (Å²) in [5.41, 5.74) is 3.59. The van der Waals surface area contributed by atoms with E-state index in [1.165, 1.54) is 11.1 Å². The molecule has 3 rings (SSSR count). The number of hydrogen-bond acceptors (Lipinski definition) is 4. The fourth-order valence-corrected chi connectivity index (χ4v) is 3.45. The van der Waals surface area contributed by atoms with Gasteiger partial charge in [-0.15, -0.1) is 10.2 Å². The number of benzene rings is 2. The van der Waals surface area contributed by atoms with E-state index in [9.17, 15) is 0 Å². The topological polar surface area (TPSA) is 39.9 Å². The second-order valence-electron chi connectivity index (χ2n) is 5.56. The zero-order valence-electron chi connectivity index (χ0n) is 14.2. The van der Waals surface area contributed by atoms with E-state index in [4.69, 9.17) is 4.74 Å². The monoisotopic (exact) mass is 339 g/mol. The van der Waals surface area contributed by atoms with Crippen molar-refractivity contribution in [3.8, 4) is 17.1 Å². The van der Waals surface area contributed by atoms with Crippen LogP contribution in [0.2, 0.25) is 0 Å². The van der Waals surface area contributed by atoms with Gasteiger partial charge in [-0.05, 0) is 31.5 Å². The number of aromatic nitrogens is 3. The Labute approximate surface area is 146 Å². The quantitative estimate of drug-likeness (QED) is 0.617. The molecule has 0 amide bonds. The molecular weight excluding hydrogens is 318 g/mol. The van der Waals surface area contributed by atoms with Crippen LogP contribution in [0.15, 0.2) is 53.7 Å². The van der Waals surface area contributed by atoms with Crippen molar-refractivity contribution in [2.45, 2.75) is 31.3 Å². The molecule has 0 fully saturated rings. The molecule has 0 atom stereocenters. The van der Waals surface area contributed by atoms with Crippen molar-refractivity contribution in [2.24, 2.45) is 0 Å². The Hall–Kier alpha value is -2.27. The molecule has 1 heterocycles. The van der Waals surface area contributed by atoms with Gasteiger partial charge in [0.05, 0.1) is 7.11 Å². The molecule has 0 radical (unpaired) electrons. The van der Waals surface area contributed by atoms with E-state index < -0.39 is 0 Å². The molecule has 0 aliphatic heterocycles. The predicted molar refractivity (Wildman–Crippen MR) is 98.4 cm³/mol. The average Bonchev–Trinajstić information content (AvgIpc) is 3.04. The molecule has 3 aromatic rings. The Balaban J connectivity index is 1.82. The fraction of sp³-hybridized carbons (Fsp3) is 0.263. The number of aryl methyl sites for hydroxylation is 1. The summed E-state index contributed by atoms with van der Waals surface area (Å²) in [6, 6.07) is 16.5. The zero-order chi connectivity index (χ0) is 16.9. The van der Waals surface area contributed by atoms with Gasteiger partial charge in [0.15, 0.2) is 11.0 Å².